The number of hydrogen-bond donors (Lipinski definition) is 1. The molecule has 17 heavy (non-hydrogen) atoms. The Balaban J connectivity index is 2.63. The molecule has 1 heterocycles. The van der Waals surface area contributed by atoms with Gasteiger partial charge < -0.3 is 5.11 Å². The van der Waals surface area contributed by atoms with Crippen molar-refractivity contribution in [1.29, 1.82) is 0 Å². The second-order valence-corrected chi connectivity index (χ2v) is 3.59. The molecule has 0 amide bonds. The molecule has 0 unspecified atom stereocenters. The fraction of sp³-hybridized carbons (Fsp3) is 0. The van der Waals surface area contributed by atoms with Gasteiger partial charge >= 0.3 is 5.97 Å². The molecule has 6 heteroatoms. The highest BCUT2D eigenvalue weighted by Crippen LogP contribution is 2.26. The van der Waals surface area contributed by atoms with Gasteiger partial charge in [-0.1, -0.05) is 23.7 Å². The Morgan fingerprint density at radius 1 is 1.29 bits per heavy atom. The van der Waals surface area contributed by atoms with Crippen LogP contribution in [0.25, 0.3) is 11.1 Å². The van der Waals surface area contributed by atoms with Gasteiger partial charge in [-0.25, -0.2) is 9.18 Å². The summed E-state index contributed by atoms with van der Waals surface area (Å²) in [6.45, 7) is 0. The first kappa shape index (κ1) is 11.5. The highest BCUT2D eigenvalue weighted by atomic mass is 35.5. The minimum atomic E-state index is -1.20. The number of aromatic nitrogens is 2. The lowest BCUT2D eigenvalue weighted by Crippen LogP contribution is -2.03. The number of halogens is 2. The lowest BCUT2D eigenvalue weighted by Gasteiger charge is -2.06. The molecule has 1 aromatic heterocycles. The molecule has 1 aromatic carbocycles. The van der Waals surface area contributed by atoms with Gasteiger partial charge in [0.05, 0.1) is 6.20 Å². The number of nitrogens with zero attached hydrogens (tertiary/aromatic N) is 2. The van der Waals surface area contributed by atoms with Crippen molar-refractivity contribution in [3.63, 3.8) is 0 Å². The van der Waals surface area contributed by atoms with E-state index in [1.165, 1.54) is 30.5 Å². The zero-order valence-corrected chi connectivity index (χ0v) is 9.15. The van der Waals surface area contributed by atoms with Gasteiger partial charge in [0.2, 0.25) is 0 Å². The second-order valence-electron chi connectivity index (χ2n) is 3.24. The monoisotopic (exact) mass is 252 g/mol. The molecule has 1 N–H and O–H groups in total. The minimum Gasteiger partial charge on any atom is -0.478 e. The van der Waals surface area contributed by atoms with Crippen molar-refractivity contribution in [3.8, 4) is 11.1 Å². The molecule has 0 aliphatic rings. The number of carbonyl (C=O) groups is 1. The molecule has 0 spiro atoms. The van der Waals surface area contributed by atoms with E-state index in [-0.39, 0.29) is 10.7 Å². The lowest BCUT2D eigenvalue weighted by atomic mass is 10.0. The summed E-state index contributed by atoms with van der Waals surface area (Å²) < 4.78 is 12.8. The second kappa shape index (κ2) is 4.47. The van der Waals surface area contributed by atoms with E-state index in [4.69, 9.17) is 16.7 Å². The van der Waals surface area contributed by atoms with Gasteiger partial charge in [0.25, 0.3) is 0 Å². The smallest absolute Gasteiger partial charge is 0.339 e. The third-order valence-electron chi connectivity index (χ3n) is 2.18. The normalized spacial score (nSPS) is 10.2. The molecule has 86 valence electrons. The zero-order chi connectivity index (χ0) is 12.4. The average Bonchev–Trinajstić information content (AvgIpc) is 2.29. The molecule has 2 rings (SSSR count). The highest BCUT2D eigenvalue weighted by molar-refractivity contribution is 6.33. The fourth-order valence-corrected chi connectivity index (χ4v) is 1.64. The third-order valence-corrected chi connectivity index (χ3v) is 2.44. The molecule has 0 saturated carbocycles. The van der Waals surface area contributed by atoms with E-state index in [0.29, 0.717) is 11.1 Å². The average molecular weight is 253 g/mol. The Morgan fingerprint density at radius 2 is 1.94 bits per heavy atom. The Kier molecular flexibility index (Phi) is 3.01. The Morgan fingerprint density at radius 3 is 2.53 bits per heavy atom. The predicted molar refractivity (Wildman–Crippen MR) is 59.4 cm³/mol. The van der Waals surface area contributed by atoms with Crippen LogP contribution >= 0.6 is 11.6 Å². The first-order chi connectivity index (χ1) is 8.09. The van der Waals surface area contributed by atoms with E-state index in [2.05, 4.69) is 10.2 Å². The number of rotatable bonds is 2. The zero-order valence-electron chi connectivity index (χ0n) is 8.39. The van der Waals surface area contributed by atoms with Crippen LogP contribution in [0.3, 0.4) is 0 Å². The molecule has 0 radical (unpaired) electrons. The third kappa shape index (κ3) is 2.24. The van der Waals surface area contributed by atoms with Crippen molar-refractivity contribution in [2.75, 3.05) is 0 Å². The van der Waals surface area contributed by atoms with Gasteiger partial charge in [-0.05, 0) is 17.7 Å². The number of carboxylic acids is 1. The number of benzene rings is 1. The van der Waals surface area contributed by atoms with Gasteiger partial charge in [0.1, 0.15) is 11.4 Å². The molecule has 0 aliphatic carbocycles. The largest absolute Gasteiger partial charge is 0.478 e. The van der Waals surface area contributed by atoms with Crippen LogP contribution in [0.1, 0.15) is 10.4 Å². The van der Waals surface area contributed by atoms with Crippen molar-refractivity contribution in [2.24, 2.45) is 0 Å². The first-order valence-electron chi connectivity index (χ1n) is 4.60. The molecule has 2 aromatic rings. The standard InChI is InChI=1S/C11H6ClFN2O2/c12-10-9(11(16)17)8(5-14-15-10)6-1-3-7(13)4-2-6/h1-5H,(H,16,17). The lowest BCUT2D eigenvalue weighted by molar-refractivity contribution is 0.0697. The van der Waals surface area contributed by atoms with Crippen LogP contribution in [0.4, 0.5) is 4.39 Å². The molecule has 0 saturated heterocycles. The van der Waals surface area contributed by atoms with Crippen LogP contribution < -0.4 is 0 Å². The Bertz CT molecular complexity index is 572. The maximum Gasteiger partial charge on any atom is 0.339 e. The van der Waals surface area contributed by atoms with Crippen molar-refractivity contribution in [2.45, 2.75) is 0 Å². The quantitative estimate of drug-likeness (QED) is 0.892. The van der Waals surface area contributed by atoms with E-state index in [0.717, 1.165) is 0 Å². The van der Waals surface area contributed by atoms with E-state index in [9.17, 15) is 9.18 Å². The SMILES string of the molecule is O=C(O)c1c(-c2ccc(F)cc2)cnnc1Cl. The predicted octanol–water partition coefficient (Wildman–Crippen LogP) is 2.63. The van der Waals surface area contributed by atoms with Gasteiger partial charge in [-0.2, -0.15) is 5.10 Å². The summed E-state index contributed by atoms with van der Waals surface area (Å²) in [6, 6.07) is 5.37. The molecule has 0 aliphatic heterocycles. The van der Waals surface area contributed by atoms with Crippen molar-refractivity contribution >= 4 is 17.6 Å². The number of aromatic carboxylic acids is 1. The topological polar surface area (TPSA) is 63.1 Å². The van der Waals surface area contributed by atoms with Crippen molar-refractivity contribution in [1.82, 2.24) is 10.2 Å². The summed E-state index contributed by atoms with van der Waals surface area (Å²) in [4.78, 5) is 11.1. The van der Waals surface area contributed by atoms with Crippen LogP contribution in [-0.2, 0) is 0 Å². The van der Waals surface area contributed by atoms with Crippen LogP contribution in [0.2, 0.25) is 5.15 Å². The Labute approximate surface area is 101 Å². The summed E-state index contributed by atoms with van der Waals surface area (Å²) in [6.07, 6.45) is 1.28. The minimum absolute atomic E-state index is 0.145. The maximum absolute atomic E-state index is 12.8. The number of carboxylic acid groups (broad SMARTS) is 1. The van der Waals surface area contributed by atoms with E-state index in [1.54, 1.807) is 0 Å². The molecule has 4 nitrogen and oxygen atoms in total. The number of hydrogen-bond acceptors (Lipinski definition) is 3. The van der Waals surface area contributed by atoms with Gasteiger partial charge in [0.15, 0.2) is 5.15 Å². The summed E-state index contributed by atoms with van der Waals surface area (Å²) in [5.41, 5.74) is 0.673. The van der Waals surface area contributed by atoms with Crippen LogP contribution in [0.15, 0.2) is 30.5 Å². The van der Waals surface area contributed by atoms with Crippen molar-refractivity contribution in [3.05, 3.63) is 47.0 Å². The van der Waals surface area contributed by atoms with Crippen molar-refractivity contribution < 1.29 is 14.3 Å². The van der Waals surface area contributed by atoms with Gasteiger partial charge in [0, 0.05) is 5.56 Å². The van der Waals surface area contributed by atoms with Crippen LogP contribution in [0.5, 0.6) is 0 Å². The van der Waals surface area contributed by atoms with E-state index < -0.39 is 11.8 Å². The van der Waals surface area contributed by atoms with E-state index >= 15 is 0 Å². The Hall–Kier alpha value is -2.01. The first-order valence-corrected chi connectivity index (χ1v) is 4.98. The highest BCUT2D eigenvalue weighted by Gasteiger charge is 2.17. The van der Waals surface area contributed by atoms with Gasteiger partial charge in [-0.3, -0.25) is 0 Å². The van der Waals surface area contributed by atoms with Crippen LogP contribution in [0, 0.1) is 5.82 Å². The van der Waals surface area contributed by atoms with Crippen LogP contribution in [-0.4, -0.2) is 21.3 Å². The molecular formula is C11H6ClFN2O2. The molecule has 0 bridgehead atoms. The summed E-state index contributed by atoms with van der Waals surface area (Å²) in [5, 5.41) is 15.9. The summed E-state index contributed by atoms with van der Waals surface area (Å²) in [7, 11) is 0. The molecule has 0 fully saturated rings. The van der Waals surface area contributed by atoms with E-state index in [1.807, 2.05) is 0 Å². The summed E-state index contributed by atoms with van der Waals surface area (Å²) >= 11 is 5.68. The van der Waals surface area contributed by atoms with Gasteiger partial charge in [-0.15, -0.1) is 5.10 Å². The molecule has 0 atom stereocenters. The molecular weight excluding hydrogens is 247 g/mol. The maximum atomic E-state index is 12.8. The fourth-order valence-electron chi connectivity index (χ4n) is 1.41. The summed E-state index contributed by atoms with van der Waals surface area (Å²) in [5.74, 6) is -1.61.